The fraction of sp³-hybridized carbons (Fsp3) is 0.207. The monoisotopic (exact) mass is 496 g/mol. The standard InChI is InChI=1S/C29H28N4O4/c1-17-11-13-22(15-18(17)2)33-19(3)25(28-31-27(32-37-28)20-9-7-6-8-10-20)26(30-29(33)34)21-12-14-23(35-4)24(16-21)36-5/h6-16,26H,1-5H3,(H,30,34). The molecule has 188 valence electrons. The van der Waals surface area contributed by atoms with Crippen LogP contribution in [0.3, 0.4) is 0 Å². The molecule has 1 aliphatic rings. The number of amides is 2. The molecular formula is C29H28N4O4. The van der Waals surface area contributed by atoms with Crippen LogP contribution in [0, 0.1) is 13.8 Å². The topological polar surface area (TPSA) is 89.7 Å². The number of aromatic nitrogens is 2. The van der Waals surface area contributed by atoms with Crippen LogP contribution < -0.4 is 19.7 Å². The smallest absolute Gasteiger partial charge is 0.326 e. The summed E-state index contributed by atoms with van der Waals surface area (Å²) >= 11 is 0. The first-order valence-electron chi connectivity index (χ1n) is 11.9. The lowest BCUT2D eigenvalue weighted by atomic mass is 9.94. The normalized spacial score (nSPS) is 15.5. The predicted octanol–water partition coefficient (Wildman–Crippen LogP) is 6.07. The second kappa shape index (κ2) is 9.81. The SMILES string of the molecule is COc1ccc(C2NC(=O)N(c3ccc(C)c(C)c3)C(C)=C2c2nc(-c3ccccc3)no2)cc1OC. The number of carbonyl (C=O) groups is 1. The summed E-state index contributed by atoms with van der Waals surface area (Å²) in [6.45, 7) is 5.96. The van der Waals surface area contributed by atoms with Crippen molar-refractivity contribution in [2.24, 2.45) is 0 Å². The molecule has 0 spiro atoms. The zero-order valence-corrected chi connectivity index (χ0v) is 21.4. The molecule has 1 atom stereocenters. The number of rotatable bonds is 6. The van der Waals surface area contributed by atoms with Gasteiger partial charge in [-0.1, -0.05) is 47.6 Å². The van der Waals surface area contributed by atoms with Gasteiger partial charge in [0.15, 0.2) is 11.5 Å². The molecular weight excluding hydrogens is 468 g/mol. The van der Waals surface area contributed by atoms with E-state index in [-0.39, 0.29) is 6.03 Å². The second-order valence-electron chi connectivity index (χ2n) is 8.89. The Morgan fingerprint density at radius 2 is 1.65 bits per heavy atom. The molecule has 3 aromatic carbocycles. The summed E-state index contributed by atoms with van der Waals surface area (Å²) in [6, 6.07) is 20.3. The molecule has 1 N–H and O–H groups in total. The fourth-order valence-electron chi connectivity index (χ4n) is 4.52. The van der Waals surface area contributed by atoms with Crippen molar-refractivity contribution in [1.29, 1.82) is 0 Å². The maximum atomic E-state index is 13.5. The summed E-state index contributed by atoms with van der Waals surface area (Å²) in [5.74, 6) is 1.94. The number of ether oxygens (including phenoxy) is 2. The van der Waals surface area contributed by atoms with Gasteiger partial charge in [0.1, 0.15) is 0 Å². The van der Waals surface area contributed by atoms with Crippen LogP contribution >= 0.6 is 0 Å². The Bertz CT molecular complexity index is 1490. The lowest BCUT2D eigenvalue weighted by molar-refractivity contribution is 0.244. The van der Waals surface area contributed by atoms with E-state index in [1.807, 2.05) is 87.5 Å². The summed E-state index contributed by atoms with van der Waals surface area (Å²) in [7, 11) is 3.16. The van der Waals surface area contributed by atoms with E-state index in [9.17, 15) is 4.79 Å². The largest absolute Gasteiger partial charge is 0.493 e. The fourth-order valence-corrected chi connectivity index (χ4v) is 4.52. The van der Waals surface area contributed by atoms with Crippen LogP contribution in [0.25, 0.3) is 17.0 Å². The summed E-state index contributed by atoms with van der Waals surface area (Å²) in [4.78, 5) is 19.9. The molecule has 0 saturated heterocycles. The Labute approximate surface area is 215 Å². The lowest BCUT2D eigenvalue weighted by Gasteiger charge is -2.35. The van der Waals surface area contributed by atoms with Gasteiger partial charge in [-0.2, -0.15) is 4.98 Å². The zero-order valence-electron chi connectivity index (χ0n) is 21.4. The first-order valence-corrected chi connectivity index (χ1v) is 11.9. The van der Waals surface area contributed by atoms with Crippen LogP contribution in [0.15, 0.2) is 77.0 Å². The third-order valence-corrected chi connectivity index (χ3v) is 6.66. The summed E-state index contributed by atoms with van der Waals surface area (Å²) in [6.07, 6.45) is 0. The van der Waals surface area contributed by atoms with Gasteiger partial charge in [-0.05, 0) is 61.7 Å². The molecule has 1 aromatic heterocycles. The van der Waals surface area contributed by atoms with Crippen molar-refractivity contribution < 1.29 is 18.8 Å². The molecule has 5 rings (SSSR count). The number of carbonyl (C=O) groups excluding carboxylic acids is 1. The quantitative estimate of drug-likeness (QED) is 0.348. The highest BCUT2D eigenvalue weighted by Gasteiger charge is 2.37. The Morgan fingerprint density at radius 1 is 0.892 bits per heavy atom. The van der Waals surface area contributed by atoms with E-state index >= 15 is 0 Å². The number of allylic oxidation sites excluding steroid dienone is 1. The summed E-state index contributed by atoms with van der Waals surface area (Å²) in [5, 5.41) is 7.37. The maximum Gasteiger partial charge on any atom is 0.326 e. The first-order chi connectivity index (χ1) is 17.9. The molecule has 0 bridgehead atoms. The van der Waals surface area contributed by atoms with Gasteiger partial charge in [0.2, 0.25) is 5.82 Å². The van der Waals surface area contributed by atoms with Gasteiger partial charge in [-0.25, -0.2) is 4.79 Å². The molecule has 2 heterocycles. The third kappa shape index (κ3) is 4.42. The van der Waals surface area contributed by atoms with Gasteiger partial charge in [0, 0.05) is 11.3 Å². The maximum absolute atomic E-state index is 13.5. The number of nitrogens with one attached hydrogen (secondary N) is 1. The van der Waals surface area contributed by atoms with Gasteiger partial charge >= 0.3 is 6.03 Å². The number of benzene rings is 3. The minimum atomic E-state index is -0.556. The lowest BCUT2D eigenvalue weighted by Crippen LogP contribution is -2.46. The van der Waals surface area contributed by atoms with Crippen molar-refractivity contribution in [2.75, 3.05) is 19.1 Å². The van der Waals surface area contributed by atoms with Crippen LogP contribution in [0.1, 0.15) is 35.5 Å². The number of nitrogens with zero attached hydrogens (tertiary/aromatic N) is 3. The van der Waals surface area contributed by atoms with Gasteiger partial charge in [0.05, 0.1) is 31.5 Å². The van der Waals surface area contributed by atoms with Crippen molar-refractivity contribution in [1.82, 2.24) is 15.5 Å². The molecule has 0 saturated carbocycles. The predicted molar refractivity (Wildman–Crippen MR) is 142 cm³/mol. The zero-order chi connectivity index (χ0) is 26.1. The van der Waals surface area contributed by atoms with Crippen molar-refractivity contribution >= 4 is 17.3 Å². The number of hydrogen-bond acceptors (Lipinski definition) is 6. The Kier molecular flexibility index (Phi) is 6.40. The van der Waals surface area contributed by atoms with E-state index in [0.29, 0.717) is 34.5 Å². The Balaban J connectivity index is 1.68. The molecule has 0 fully saturated rings. The van der Waals surface area contributed by atoms with E-state index in [1.54, 1.807) is 19.1 Å². The molecule has 0 aliphatic carbocycles. The van der Waals surface area contributed by atoms with Gasteiger partial charge < -0.3 is 19.3 Å². The number of urea groups is 1. The van der Waals surface area contributed by atoms with Crippen LogP contribution in [-0.2, 0) is 0 Å². The minimum absolute atomic E-state index is 0.257. The average Bonchev–Trinajstić information content (AvgIpc) is 3.40. The minimum Gasteiger partial charge on any atom is -0.493 e. The first kappa shape index (κ1) is 24.1. The molecule has 8 heteroatoms. The highest BCUT2D eigenvalue weighted by atomic mass is 16.5. The van der Waals surface area contributed by atoms with Crippen LogP contribution in [-0.4, -0.2) is 30.4 Å². The van der Waals surface area contributed by atoms with Crippen LogP contribution in [0.5, 0.6) is 11.5 Å². The summed E-state index contributed by atoms with van der Waals surface area (Å²) in [5.41, 5.74) is 6.00. The number of aryl methyl sites for hydroxylation is 2. The summed E-state index contributed by atoms with van der Waals surface area (Å²) < 4.78 is 16.7. The number of hydrogen-bond donors (Lipinski definition) is 1. The molecule has 8 nitrogen and oxygen atoms in total. The van der Waals surface area contributed by atoms with E-state index < -0.39 is 6.04 Å². The number of anilines is 1. The molecule has 4 aromatic rings. The molecule has 1 unspecified atom stereocenters. The second-order valence-corrected chi connectivity index (χ2v) is 8.89. The highest BCUT2D eigenvalue weighted by Crippen LogP contribution is 2.41. The Morgan fingerprint density at radius 3 is 2.35 bits per heavy atom. The highest BCUT2D eigenvalue weighted by molar-refractivity contribution is 6.01. The molecule has 2 amide bonds. The van der Waals surface area contributed by atoms with Gasteiger partial charge in [-0.15, -0.1) is 0 Å². The van der Waals surface area contributed by atoms with Gasteiger partial charge in [0.25, 0.3) is 5.89 Å². The van der Waals surface area contributed by atoms with E-state index in [0.717, 1.165) is 27.9 Å². The van der Waals surface area contributed by atoms with E-state index in [4.69, 9.17) is 19.0 Å². The van der Waals surface area contributed by atoms with Crippen molar-refractivity contribution in [3.8, 4) is 22.9 Å². The van der Waals surface area contributed by atoms with E-state index in [1.165, 1.54) is 0 Å². The Hall–Kier alpha value is -4.59. The molecule has 0 radical (unpaired) electrons. The van der Waals surface area contributed by atoms with Crippen LogP contribution in [0.4, 0.5) is 10.5 Å². The van der Waals surface area contributed by atoms with Crippen molar-refractivity contribution in [3.63, 3.8) is 0 Å². The molecule has 1 aliphatic heterocycles. The van der Waals surface area contributed by atoms with Crippen LogP contribution in [0.2, 0.25) is 0 Å². The van der Waals surface area contributed by atoms with E-state index in [2.05, 4.69) is 10.5 Å². The third-order valence-electron chi connectivity index (χ3n) is 6.66. The average molecular weight is 497 g/mol. The molecule has 37 heavy (non-hydrogen) atoms. The van der Waals surface area contributed by atoms with Crippen molar-refractivity contribution in [3.05, 3.63) is 95.0 Å². The van der Waals surface area contributed by atoms with Gasteiger partial charge in [-0.3, -0.25) is 4.90 Å². The van der Waals surface area contributed by atoms with Crippen molar-refractivity contribution in [2.45, 2.75) is 26.8 Å². The number of methoxy groups -OCH3 is 2.